The molecular formula is C50H93NO11P+. The number of quaternary nitrogens is 1. The highest BCUT2D eigenvalue weighted by Gasteiger charge is 2.39. The Morgan fingerprint density at radius 2 is 1.25 bits per heavy atom. The van der Waals surface area contributed by atoms with Gasteiger partial charge in [-0.15, -0.1) is 0 Å². The van der Waals surface area contributed by atoms with Crippen molar-refractivity contribution in [2.24, 2.45) is 11.8 Å². The van der Waals surface area contributed by atoms with Crippen molar-refractivity contribution >= 4 is 25.5 Å². The number of aliphatic hydroxyl groups excluding tert-OH is 2. The van der Waals surface area contributed by atoms with E-state index in [2.05, 4.69) is 13.8 Å². The molecule has 0 amide bonds. The summed E-state index contributed by atoms with van der Waals surface area (Å²) >= 11 is 0. The lowest BCUT2D eigenvalue weighted by atomic mass is 9.90. The van der Waals surface area contributed by atoms with Crippen LogP contribution in [-0.2, 0) is 37.5 Å². The van der Waals surface area contributed by atoms with Gasteiger partial charge in [-0.3, -0.25) is 23.4 Å². The van der Waals surface area contributed by atoms with Crippen LogP contribution in [0.1, 0.15) is 200 Å². The monoisotopic (exact) mass is 915 g/mol. The molecule has 6 atom stereocenters. The van der Waals surface area contributed by atoms with Gasteiger partial charge in [-0.2, -0.15) is 0 Å². The van der Waals surface area contributed by atoms with Crippen molar-refractivity contribution in [3.63, 3.8) is 0 Å². The molecule has 0 aromatic carbocycles. The van der Waals surface area contributed by atoms with E-state index < -0.39 is 50.6 Å². The van der Waals surface area contributed by atoms with Crippen LogP contribution in [0.2, 0.25) is 0 Å². The van der Waals surface area contributed by atoms with Crippen molar-refractivity contribution in [2.75, 3.05) is 47.5 Å². The molecule has 0 heterocycles. The minimum Gasteiger partial charge on any atom is -0.462 e. The molecule has 0 aromatic rings. The second kappa shape index (κ2) is 37.2. The predicted molar refractivity (Wildman–Crippen MR) is 253 cm³/mol. The molecule has 3 N–H and O–H groups in total. The molecule has 1 fully saturated rings. The Bertz CT molecular complexity index is 1290. The maximum absolute atomic E-state index is 12.8. The number of carbonyl (C=O) groups is 3. The molecule has 0 radical (unpaired) electrons. The third-order valence-electron chi connectivity index (χ3n) is 11.9. The standard InChI is InChI=1S/C50H92NO11P/c1-6-8-10-11-12-13-14-15-16-17-18-19-20-21-22-23-24-25-31-35-50(56)62-44(42-61-63(57,58)60-39-38-51(3,4)5)41-59-49(55)34-30-27-26-29-33-45-46(48(54)40-47(45)53)37-36-43(52)32-28-9-7-2/h26,29,36-37,43-47,52-53H,6-25,27-28,30-35,38-42H2,1-5H3/p+1/b29-26-,37-36+/t43-,44+,45+,46+,47-/m0/s1. The first kappa shape index (κ1) is 59.1. The number of esters is 2. The summed E-state index contributed by atoms with van der Waals surface area (Å²) in [6.45, 7) is 4.04. The van der Waals surface area contributed by atoms with E-state index in [1.807, 2.05) is 33.3 Å². The SMILES string of the molecule is CCCCCCCCCCCCCCCCCCCCCC(=O)O[C@H](COC(=O)CCC/C=C\C[C@H]1[C@@H](O)CC(=O)[C@@H]1/C=C/[C@@H](O)CCCCC)COP(=O)(O)OCC[N+](C)(C)C. The number of phosphoric ester groups is 1. The molecule has 0 bridgehead atoms. The number of ether oxygens (including phenoxy) is 2. The summed E-state index contributed by atoms with van der Waals surface area (Å²) < 4.78 is 34.3. The van der Waals surface area contributed by atoms with Gasteiger partial charge in [-0.25, -0.2) is 4.57 Å². The lowest BCUT2D eigenvalue weighted by molar-refractivity contribution is -0.870. The normalized spacial score (nSPS) is 18.9. The molecule has 0 spiro atoms. The number of unbranched alkanes of at least 4 members (excludes halogenated alkanes) is 21. The lowest BCUT2D eigenvalue weighted by Crippen LogP contribution is -2.37. The van der Waals surface area contributed by atoms with Crippen molar-refractivity contribution in [1.82, 2.24) is 0 Å². The van der Waals surface area contributed by atoms with Gasteiger partial charge in [0.2, 0.25) is 0 Å². The molecule has 0 aliphatic heterocycles. The summed E-state index contributed by atoms with van der Waals surface area (Å²) in [7, 11) is 1.34. The Morgan fingerprint density at radius 3 is 1.81 bits per heavy atom. The summed E-state index contributed by atoms with van der Waals surface area (Å²) in [6, 6.07) is 0. The number of phosphoric acid groups is 1. The van der Waals surface area contributed by atoms with E-state index >= 15 is 0 Å². The first-order valence-electron chi connectivity index (χ1n) is 25.2. The summed E-state index contributed by atoms with van der Waals surface area (Å²) in [5, 5.41) is 20.8. The van der Waals surface area contributed by atoms with Gasteiger partial charge in [0.15, 0.2) is 6.10 Å². The van der Waals surface area contributed by atoms with Crippen molar-refractivity contribution in [3.05, 3.63) is 24.3 Å². The quantitative estimate of drug-likeness (QED) is 0.0175. The fraction of sp³-hybridized carbons (Fsp3) is 0.860. The minimum atomic E-state index is -4.44. The van der Waals surface area contributed by atoms with Crippen LogP contribution in [0.3, 0.4) is 0 Å². The predicted octanol–water partition coefficient (Wildman–Crippen LogP) is 11.3. The van der Waals surface area contributed by atoms with E-state index in [0.29, 0.717) is 43.1 Å². The zero-order valence-electron chi connectivity index (χ0n) is 40.5. The van der Waals surface area contributed by atoms with Crippen molar-refractivity contribution < 1.29 is 57.1 Å². The number of aliphatic hydroxyl groups is 2. The first-order chi connectivity index (χ1) is 30.2. The van der Waals surface area contributed by atoms with E-state index in [1.54, 1.807) is 12.2 Å². The average Bonchev–Trinajstić information content (AvgIpc) is 3.50. The van der Waals surface area contributed by atoms with E-state index in [4.69, 9.17) is 18.5 Å². The summed E-state index contributed by atoms with van der Waals surface area (Å²) in [5.74, 6) is -1.71. The van der Waals surface area contributed by atoms with Crippen LogP contribution in [0.25, 0.3) is 0 Å². The van der Waals surface area contributed by atoms with Crippen LogP contribution in [0.5, 0.6) is 0 Å². The van der Waals surface area contributed by atoms with Gasteiger partial charge >= 0.3 is 19.8 Å². The number of likely N-dealkylation sites (N-methyl/N-ethyl adjacent to an activating group) is 1. The molecule has 0 saturated heterocycles. The molecule has 1 rings (SSSR count). The average molecular weight is 915 g/mol. The van der Waals surface area contributed by atoms with E-state index in [0.717, 1.165) is 38.5 Å². The smallest absolute Gasteiger partial charge is 0.462 e. The zero-order valence-corrected chi connectivity index (χ0v) is 41.4. The van der Waals surface area contributed by atoms with Crippen molar-refractivity contribution in [2.45, 2.75) is 218 Å². The Balaban J connectivity index is 2.41. The molecule has 368 valence electrons. The Morgan fingerprint density at radius 1 is 0.730 bits per heavy atom. The van der Waals surface area contributed by atoms with Gasteiger partial charge in [0.1, 0.15) is 25.5 Å². The molecule has 1 aliphatic carbocycles. The maximum atomic E-state index is 12.8. The summed E-state index contributed by atoms with van der Waals surface area (Å²) in [4.78, 5) is 48.2. The van der Waals surface area contributed by atoms with Crippen molar-refractivity contribution in [3.8, 4) is 0 Å². The number of ketones is 1. The number of hydrogen-bond acceptors (Lipinski definition) is 10. The van der Waals surface area contributed by atoms with Gasteiger partial charge < -0.3 is 29.1 Å². The topological polar surface area (TPSA) is 166 Å². The van der Waals surface area contributed by atoms with Crippen LogP contribution in [0, 0.1) is 11.8 Å². The van der Waals surface area contributed by atoms with E-state index in [1.165, 1.54) is 96.3 Å². The van der Waals surface area contributed by atoms with Crippen molar-refractivity contribution in [1.29, 1.82) is 0 Å². The number of Topliss-reactive ketones (excluding diaryl/α,β-unsaturated/α-hetero) is 1. The molecule has 1 saturated carbocycles. The van der Waals surface area contributed by atoms with Crippen LogP contribution >= 0.6 is 7.82 Å². The molecule has 1 aliphatic rings. The number of carbonyl (C=O) groups excluding carboxylic acids is 3. The Kier molecular flexibility index (Phi) is 34.9. The number of rotatable bonds is 42. The zero-order chi connectivity index (χ0) is 46.6. The van der Waals surface area contributed by atoms with Gasteiger partial charge in [0.05, 0.1) is 40.0 Å². The summed E-state index contributed by atoms with van der Waals surface area (Å²) in [6.07, 6.45) is 34.5. The first-order valence-corrected chi connectivity index (χ1v) is 26.7. The fourth-order valence-electron chi connectivity index (χ4n) is 7.82. The fourth-order valence-corrected chi connectivity index (χ4v) is 8.56. The second-order valence-electron chi connectivity index (χ2n) is 19.0. The molecule has 63 heavy (non-hydrogen) atoms. The molecular weight excluding hydrogens is 822 g/mol. The maximum Gasteiger partial charge on any atom is 0.472 e. The van der Waals surface area contributed by atoms with Crippen LogP contribution in [0.15, 0.2) is 24.3 Å². The van der Waals surface area contributed by atoms with Gasteiger partial charge in [-0.05, 0) is 32.1 Å². The third-order valence-corrected chi connectivity index (χ3v) is 12.8. The number of allylic oxidation sites excluding steroid dienone is 3. The second-order valence-corrected chi connectivity index (χ2v) is 20.4. The van der Waals surface area contributed by atoms with Gasteiger partial charge in [-0.1, -0.05) is 173 Å². The number of hydrogen-bond donors (Lipinski definition) is 3. The largest absolute Gasteiger partial charge is 0.472 e. The van der Waals surface area contributed by atoms with Crippen LogP contribution in [-0.4, -0.2) is 103 Å². The van der Waals surface area contributed by atoms with Gasteiger partial charge in [0, 0.05) is 31.1 Å². The number of nitrogens with zero attached hydrogens (tertiary/aromatic N) is 1. The van der Waals surface area contributed by atoms with E-state index in [9.17, 15) is 34.1 Å². The highest BCUT2D eigenvalue weighted by Crippen LogP contribution is 2.43. The molecule has 13 heteroatoms. The van der Waals surface area contributed by atoms with Crippen LogP contribution < -0.4 is 0 Å². The molecule has 1 unspecified atom stereocenters. The molecule has 0 aromatic heterocycles. The van der Waals surface area contributed by atoms with Gasteiger partial charge in [0.25, 0.3) is 0 Å². The Labute approximate surface area is 383 Å². The summed E-state index contributed by atoms with van der Waals surface area (Å²) in [5.41, 5.74) is 0. The van der Waals surface area contributed by atoms with E-state index in [-0.39, 0.29) is 44.2 Å². The minimum absolute atomic E-state index is 0.00904. The third kappa shape index (κ3) is 34.1. The molecule has 12 nitrogen and oxygen atoms in total. The lowest BCUT2D eigenvalue weighted by Gasteiger charge is -2.24. The highest BCUT2D eigenvalue weighted by atomic mass is 31.2. The highest BCUT2D eigenvalue weighted by molar-refractivity contribution is 7.47. The van der Waals surface area contributed by atoms with Crippen LogP contribution in [0.4, 0.5) is 0 Å². The Hall–Kier alpha value is -1.92.